The fourth-order valence-corrected chi connectivity index (χ4v) is 2.73. The molecule has 1 aliphatic rings. The van der Waals surface area contributed by atoms with E-state index in [1.807, 2.05) is 36.4 Å². The first-order valence-electron chi connectivity index (χ1n) is 6.52. The lowest BCUT2D eigenvalue weighted by atomic mass is 9.92. The summed E-state index contributed by atoms with van der Waals surface area (Å²) >= 11 is 0. The molecule has 20 heavy (non-hydrogen) atoms. The molecular formula is C16H12N2O2. The number of carbonyl (C=O) groups is 1. The van der Waals surface area contributed by atoms with Gasteiger partial charge in [-0.25, -0.2) is 4.98 Å². The van der Waals surface area contributed by atoms with Gasteiger partial charge in [-0.3, -0.25) is 4.79 Å². The van der Waals surface area contributed by atoms with E-state index < -0.39 is 0 Å². The molecule has 0 radical (unpaired) electrons. The van der Waals surface area contributed by atoms with Crippen LogP contribution in [-0.2, 0) is 0 Å². The Kier molecular flexibility index (Phi) is 2.36. The van der Waals surface area contributed by atoms with Gasteiger partial charge in [-0.2, -0.15) is 0 Å². The number of ether oxygens (including phenoxy) is 1. The first-order valence-corrected chi connectivity index (χ1v) is 6.52. The number of para-hydroxylation sites is 1. The molecule has 1 unspecified atom stereocenters. The van der Waals surface area contributed by atoms with Crippen molar-refractivity contribution < 1.29 is 9.53 Å². The van der Waals surface area contributed by atoms with Crippen LogP contribution in [0.1, 0.15) is 21.8 Å². The zero-order valence-electron chi connectivity index (χ0n) is 10.7. The van der Waals surface area contributed by atoms with Crippen LogP contribution < -0.4 is 4.74 Å². The second kappa shape index (κ2) is 4.20. The van der Waals surface area contributed by atoms with E-state index in [1.54, 1.807) is 12.4 Å². The molecule has 4 rings (SSSR count). The lowest BCUT2D eigenvalue weighted by molar-refractivity contribution is 0.0949. The Morgan fingerprint density at radius 2 is 2.15 bits per heavy atom. The predicted molar refractivity (Wildman–Crippen MR) is 75.1 cm³/mol. The van der Waals surface area contributed by atoms with E-state index in [0.717, 1.165) is 22.3 Å². The smallest absolute Gasteiger partial charge is 0.176 e. The van der Waals surface area contributed by atoms with Gasteiger partial charge in [-0.15, -0.1) is 0 Å². The number of fused-ring (bicyclic) bond motifs is 2. The Hall–Kier alpha value is -2.62. The predicted octanol–water partition coefficient (Wildman–Crippen LogP) is 2.92. The van der Waals surface area contributed by atoms with E-state index in [-0.39, 0.29) is 11.7 Å². The molecule has 1 N–H and O–H groups in total. The summed E-state index contributed by atoms with van der Waals surface area (Å²) in [5.41, 5.74) is 2.39. The first kappa shape index (κ1) is 11.2. The molecule has 0 saturated carbocycles. The molecule has 1 aromatic carbocycles. The minimum absolute atomic E-state index is 0.0780. The van der Waals surface area contributed by atoms with Crippen LogP contribution in [-0.4, -0.2) is 22.4 Å². The highest BCUT2D eigenvalue weighted by atomic mass is 16.5. The average Bonchev–Trinajstić information content (AvgIpc) is 3.11. The Morgan fingerprint density at radius 3 is 3.10 bits per heavy atom. The number of nitrogens with zero attached hydrogens (tertiary/aromatic N) is 1. The number of aromatic nitrogens is 2. The van der Waals surface area contributed by atoms with Crippen LogP contribution in [0.3, 0.4) is 0 Å². The average molecular weight is 264 g/mol. The summed E-state index contributed by atoms with van der Waals surface area (Å²) in [6.07, 6.45) is 3.45. The third-order valence-corrected chi connectivity index (χ3v) is 3.73. The van der Waals surface area contributed by atoms with Gasteiger partial charge in [0.1, 0.15) is 18.0 Å². The van der Waals surface area contributed by atoms with Gasteiger partial charge in [-0.1, -0.05) is 18.2 Å². The van der Waals surface area contributed by atoms with Crippen molar-refractivity contribution in [2.24, 2.45) is 0 Å². The number of hydrogen-bond donors (Lipinski definition) is 1. The van der Waals surface area contributed by atoms with Crippen molar-refractivity contribution in [2.45, 2.75) is 5.92 Å². The molecular weight excluding hydrogens is 252 g/mol. The molecule has 4 nitrogen and oxygen atoms in total. The van der Waals surface area contributed by atoms with Crippen molar-refractivity contribution in [3.63, 3.8) is 0 Å². The minimum atomic E-state index is -0.231. The second-order valence-electron chi connectivity index (χ2n) is 4.87. The monoisotopic (exact) mass is 264 g/mol. The maximum atomic E-state index is 12.8. The number of hydrogen-bond acceptors (Lipinski definition) is 3. The Labute approximate surface area is 115 Å². The summed E-state index contributed by atoms with van der Waals surface area (Å²) in [4.78, 5) is 20.0. The highest BCUT2D eigenvalue weighted by molar-refractivity contribution is 6.10. The molecule has 0 bridgehead atoms. The molecule has 3 heterocycles. The molecule has 2 aromatic heterocycles. The number of ketones is 1. The fourth-order valence-electron chi connectivity index (χ4n) is 2.73. The van der Waals surface area contributed by atoms with Crippen LogP contribution in [0, 0.1) is 0 Å². The van der Waals surface area contributed by atoms with Crippen molar-refractivity contribution in [1.82, 2.24) is 9.97 Å². The second-order valence-corrected chi connectivity index (χ2v) is 4.87. The SMILES string of the molecule is O=C(c1c[nH]c2ncccc12)C1COc2ccccc21. The van der Waals surface area contributed by atoms with Crippen molar-refractivity contribution in [2.75, 3.05) is 6.61 Å². The molecule has 0 spiro atoms. The van der Waals surface area contributed by atoms with Crippen molar-refractivity contribution in [3.05, 3.63) is 59.9 Å². The van der Waals surface area contributed by atoms with Crippen molar-refractivity contribution in [1.29, 1.82) is 0 Å². The maximum absolute atomic E-state index is 12.8. The number of Topliss-reactive ketones (excluding diaryl/α,β-unsaturated/α-hetero) is 1. The first-order chi connectivity index (χ1) is 9.84. The Morgan fingerprint density at radius 1 is 1.25 bits per heavy atom. The summed E-state index contributed by atoms with van der Waals surface area (Å²) < 4.78 is 5.60. The van der Waals surface area contributed by atoms with Gasteiger partial charge in [0.05, 0.1) is 5.92 Å². The number of benzene rings is 1. The summed E-state index contributed by atoms with van der Waals surface area (Å²) in [7, 11) is 0. The molecule has 1 atom stereocenters. The quantitative estimate of drug-likeness (QED) is 0.724. The van der Waals surface area contributed by atoms with Crippen molar-refractivity contribution >= 4 is 16.8 Å². The third kappa shape index (κ3) is 1.54. The van der Waals surface area contributed by atoms with Crippen LogP contribution >= 0.6 is 0 Å². The lowest BCUT2D eigenvalue weighted by Crippen LogP contribution is -2.13. The van der Waals surface area contributed by atoms with Gasteiger partial charge >= 0.3 is 0 Å². The number of nitrogens with one attached hydrogen (secondary N) is 1. The summed E-state index contributed by atoms with van der Waals surface area (Å²) in [6.45, 7) is 0.408. The van der Waals surface area contributed by atoms with E-state index in [2.05, 4.69) is 9.97 Å². The largest absolute Gasteiger partial charge is 0.492 e. The maximum Gasteiger partial charge on any atom is 0.176 e. The third-order valence-electron chi connectivity index (χ3n) is 3.73. The lowest BCUT2D eigenvalue weighted by Gasteiger charge is -2.06. The van der Waals surface area contributed by atoms with Gasteiger partial charge in [0, 0.05) is 28.9 Å². The highest BCUT2D eigenvalue weighted by Crippen LogP contribution is 2.36. The molecule has 4 heteroatoms. The molecule has 0 amide bonds. The number of carbonyl (C=O) groups excluding carboxylic acids is 1. The van der Waals surface area contributed by atoms with Crippen LogP contribution in [0.2, 0.25) is 0 Å². The van der Waals surface area contributed by atoms with Gasteiger partial charge in [0.2, 0.25) is 0 Å². The summed E-state index contributed by atoms with van der Waals surface area (Å²) in [5.74, 6) is 0.656. The zero-order chi connectivity index (χ0) is 13.5. The van der Waals surface area contributed by atoms with E-state index in [1.165, 1.54) is 0 Å². The van der Waals surface area contributed by atoms with Crippen LogP contribution in [0.25, 0.3) is 11.0 Å². The molecule has 3 aromatic rings. The van der Waals surface area contributed by atoms with Gasteiger partial charge in [0.15, 0.2) is 5.78 Å². The molecule has 98 valence electrons. The van der Waals surface area contributed by atoms with E-state index >= 15 is 0 Å². The van der Waals surface area contributed by atoms with Gasteiger partial charge in [0.25, 0.3) is 0 Å². The Bertz CT molecular complexity index is 807. The highest BCUT2D eigenvalue weighted by Gasteiger charge is 2.31. The van der Waals surface area contributed by atoms with Crippen molar-refractivity contribution in [3.8, 4) is 5.75 Å². The number of H-pyrrole nitrogens is 1. The standard InChI is InChI=1S/C16H12N2O2/c19-15(12-8-18-16-11(12)5-3-7-17-16)13-9-20-14-6-2-1-4-10(13)14/h1-8,13H,9H2,(H,17,18). The van der Waals surface area contributed by atoms with E-state index in [0.29, 0.717) is 12.2 Å². The van der Waals surface area contributed by atoms with Crippen LogP contribution in [0.4, 0.5) is 0 Å². The summed E-state index contributed by atoms with van der Waals surface area (Å²) in [6, 6.07) is 11.5. The van der Waals surface area contributed by atoms with Crippen LogP contribution in [0.5, 0.6) is 5.75 Å². The van der Waals surface area contributed by atoms with E-state index in [9.17, 15) is 4.79 Å². The van der Waals surface area contributed by atoms with Gasteiger partial charge in [-0.05, 0) is 18.2 Å². The minimum Gasteiger partial charge on any atom is -0.492 e. The molecule has 0 fully saturated rings. The number of rotatable bonds is 2. The van der Waals surface area contributed by atoms with Gasteiger partial charge < -0.3 is 9.72 Å². The topological polar surface area (TPSA) is 55.0 Å². The Balaban J connectivity index is 1.79. The van der Waals surface area contributed by atoms with E-state index in [4.69, 9.17) is 4.74 Å². The fraction of sp³-hybridized carbons (Fsp3) is 0.125. The zero-order valence-corrected chi connectivity index (χ0v) is 10.7. The van der Waals surface area contributed by atoms with Crippen LogP contribution in [0.15, 0.2) is 48.8 Å². The normalized spacial score (nSPS) is 16.9. The summed E-state index contributed by atoms with van der Waals surface area (Å²) in [5, 5.41) is 0.863. The molecule has 0 saturated heterocycles. The molecule has 0 aliphatic carbocycles. The molecule has 1 aliphatic heterocycles. The number of aromatic amines is 1. The number of pyridine rings is 1.